The maximum absolute atomic E-state index is 9.80. The number of nitrogens with one attached hydrogen (secondary N) is 1. The molecule has 6 heteroatoms. The van der Waals surface area contributed by atoms with Gasteiger partial charge in [0.1, 0.15) is 11.4 Å². The van der Waals surface area contributed by atoms with Gasteiger partial charge in [0.05, 0.1) is 6.20 Å². The van der Waals surface area contributed by atoms with Crippen molar-refractivity contribution in [2.75, 3.05) is 0 Å². The van der Waals surface area contributed by atoms with Gasteiger partial charge >= 0.3 is 0 Å². The standard InChI is InChI=1S/C3H4N2O3S/c6-9(7)8-3-1-2-4-5-3/h1-2H,(H,4,5)(H,6,7)/p-1. The van der Waals surface area contributed by atoms with Gasteiger partial charge in [-0.15, -0.1) is 0 Å². The van der Waals surface area contributed by atoms with Crippen LogP contribution in [-0.4, -0.2) is 19.0 Å². The Morgan fingerprint density at radius 2 is 2.67 bits per heavy atom. The number of rotatable bonds is 2. The summed E-state index contributed by atoms with van der Waals surface area (Å²) >= 11 is -2.52. The largest absolute Gasteiger partial charge is 0.740 e. The summed E-state index contributed by atoms with van der Waals surface area (Å²) in [7, 11) is 0. The second-order valence-electron chi connectivity index (χ2n) is 1.21. The first-order valence-electron chi connectivity index (χ1n) is 2.06. The smallest absolute Gasteiger partial charge is 0.225 e. The van der Waals surface area contributed by atoms with E-state index in [0.717, 1.165) is 0 Å². The fourth-order valence-corrected chi connectivity index (χ4v) is 0.602. The van der Waals surface area contributed by atoms with Crippen molar-refractivity contribution in [3.63, 3.8) is 0 Å². The van der Waals surface area contributed by atoms with Crippen LogP contribution < -0.4 is 4.18 Å². The van der Waals surface area contributed by atoms with E-state index in [1.165, 1.54) is 12.3 Å². The monoisotopic (exact) mass is 147 g/mol. The van der Waals surface area contributed by atoms with Crippen molar-refractivity contribution in [1.29, 1.82) is 0 Å². The molecule has 0 aliphatic heterocycles. The lowest BCUT2D eigenvalue weighted by molar-refractivity contribution is 0.432. The molecule has 1 heterocycles. The normalized spacial score (nSPS) is 13.0. The number of H-pyrrole nitrogens is 1. The van der Waals surface area contributed by atoms with Crippen LogP contribution in [0.1, 0.15) is 0 Å². The zero-order valence-corrected chi connectivity index (χ0v) is 5.05. The summed E-state index contributed by atoms with van der Waals surface area (Å²) in [4.78, 5) is 0. The molecule has 1 rings (SSSR count). The molecular formula is C3H3N2O3S-. The number of nitrogens with zero attached hydrogens (tertiary/aromatic N) is 1. The lowest BCUT2D eigenvalue weighted by Crippen LogP contribution is -1.97. The van der Waals surface area contributed by atoms with Gasteiger partial charge in [-0.05, 0) is 0 Å². The fourth-order valence-electron chi connectivity index (χ4n) is 0.363. The van der Waals surface area contributed by atoms with Crippen molar-refractivity contribution >= 4 is 11.4 Å². The van der Waals surface area contributed by atoms with Crippen molar-refractivity contribution in [3.05, 3.63) is 12.3 Å². The van der Waals surface area contributed by atoms with Crippen LogP contribution in [0.5, 0.6) is 5.88 Å². The summed E-state index contributed by atoms with van der Waals surface area (Å²) in [5.74, 6) is 0.114. The predicted octanol–water partition coefficient (Wildman–Crippen LogP) is -0.417. The summed E-state index contributed by atoms with van der Waals surface area (Å²) in [6.07, 6.45) is 1.39. The molecule has 0 aromatic carbocycles. The molecule has 0 aliphatic carbocycles. The molecule has 1 N–H and O–H groups in total. The van der Waals surface area contributed by atoms with Gasteiger partial charge in [0, 0.05) is 6.07 Å². The molecule has 0 bridgehead atoms. The number of hydrogen-bond acceptors (Lipinski definition) is 4. The first-order valence-corrected chi connectivity index (χ1v) is 3.06. The van der Waals surface area contributed by atoms with Crippen LogP contribution in [0.4, 0.5) is 0 Å². The van der Waals surface area contributed by atoms with Crippen molar-refractivity contribution in [3.8, 4) is 5.88 Å². The molecule has 0 radical (unpaired) electrons. The van der Waals surface area contributed by atoms with Gasteiger partial charge in [0.2, 0.25) is 5.88 Å². The maximum Gasteiger partial charge on any atom is 0.225 e. The van der Waals surface area contributed by atoms with E-state index in [0.29, 0.717) is 0 Å². The van der Waals surface area contributed by atoms with E-state index in [2.05, 4.69) is 14.4 Å². The van der Waals surface area contributed by atoms with Gasteiger partial charge in [0.25, 0.3) is 0 Å². The van der Waals surface area contributed by atoms with Gasteiger partial charge < -0.3 is 8.74 Å². The van der Waals surface area contributed by atoms with E-state index in [9.17, 15) is 8.76 Å². The fraction of sp³-hybridized carbons (Fsp3) is 0. The molecule has 5 nitrogen and oxygen atoms in total. The van der Waals surface area contributed by atoms with E-state index in [1.54, 1.807) is 0 Å². The Balaban J connectivity index is 2.58. The predicted molar refractivity (Wildman–Crippen MR) is 28.1 cm³/mol. The molecule has 9 heavy (non-hydrogen) atoms. The van der Waals surface area contributed by atoms with Crippen LogP contribution in [-0.2, 0) is 11.4 Å². The van der Waals surface area contributed by atoms with E-state index in [4.69, 9.17) is 0 Å². The Bertz CT molecular complexity index is 197. The lowest BCUT2D eigenvalue weighted by Gasteiger charge is -2.01. The average molecular weight is 147 g/mol. The second-order valence-corrected chi connectivity index (χ2v) is 1.78. The Kier molecular flexibility index (Phi) is 1.81. The van der Waals surface area contributed by atoms with E-state index < -0.39 is 11.4 Å². The molecule has 1 unspecified atom stereocenters. The van der Waals surface area contributed by atoms with Crippen molar-refractivity contribution in [2.24, 2.45) is 0 Å². The zero-order valence-electron chi connectivity index (χ0n) is 4.23. The highest BCUT2D eigenvalue weighted by Crippen LogP contribution is 2.01. The van der Waals surface area contributed by atoms with Crippen molar-refractivity contribution < 1.29 is 12.9 Å². The summed E-state index contributed by atoms with van der Waals surface area (Å²) < 4.78 is 23.7. The van der Waals surface area contributed by atoms with Crippen molar-refractivity contribution in [1.82, 2.24) is 10.2 Å². The summed E-state index contributed by atoms with van der Waals surface area (Å²) in [5, 5.41) is 5.76. The molecule has 0 fully saturated rings. The first kappa shape index (κ1) is 6.24. The van der Waals surface area contributed by atoms with Crippen molar-refractivity contribution in [2.45, 2.75) is 0 Å². The van der Waals surface area contributed by atoms with Crippen LogP contribution in [0.2, 0.25) is 0 Å². The molecule has 1 aromatic rings. The molecule has 0 aliphatic rings. The van der Waals surface area contributed by atoms with Gasteiger partial charge in [-0.25, -0.2) is 9.31 Å². The minimum atomic E-state index is -2.52. The molecule has 50 valence electrons. The van der Waals surface area contributed by atoms with Crippen LogP contribution >= 0.6 is 0 Å². The third-order valence-electron chi connectivity index (χ3n) is 0.633. The molecule has 1 aromatic heterocycles. The van der Waals surface area contributed by atoms with E-state index >= 15 is 0 Å². The Labute approximate surface area is 53.5 Å². The Hall–Kier alpha value is -0.880. The topological polar surface area (TPSA) is 78.0 Å². The van der Waals surface area contributed by atoms with E-state index in [1.807, 2.05) is 0 Å². The summed E-state index contributed by atoms with van der Waals surface area (Å²) in [6, 6.07) is 1.40. The summed E-state index contributed by atoms with van der Waals surface area (Å²) in [6.45, 7) is 0. The number of hydrogen-bond donors (Lipinski definition) is 1. The number of aromatic nitrogens is 2. The maximum atomic E-state index is 9.80. The highest BCUT2D eigenvalue weighted by atomic mass is 32.2. The Morgan fingerprint density at radius 1 is 1.89 bits per heavy atom. The van der Waals surface area contributed by atoms with Gasteiger partial charge in [-0.3, -0.25) is 0 Å². The lowest BCUT2D eigenvalue weighted by atomic mass is 10.7. The van der Waals surface area contributed by atoms with Crippen LogP contribution in [0.25, 0.3) is 0 Å². The third kappa shape index (κ3) is 1.82. The summed E-state index contributed by atoms with van der Waals surface area (Å²) in [5.41, 5.74) is 0. The SMILES string of the molecule is O=S([O-])Oc1ccn[nH]1. The highest BCUT2D eigenvalue weighted by molar-refractivity contribution is 7.74. The van der Waals surface area contributed by atoms with Crippen LogP contribution in [0.15, 0.2) is 12.3 Å². The van der Waals surface area contributed by atoms with Gasteiger partial charge in [-0.2, -0.15) is 5.10 Å². The van der Waals surface area contributed by atoms with Gasteiger partial charge in [-0.1, -0.05) is 0 Å². The molecule has 0 spiro atoms. The second kappa shape index (κ2) is 2.60. The van der Waals surface area contributed by atoms with Crippen LogP contribution in [0, 0.1) is 0 Å². The number of aromatic amines is 1. The minimum absolute atomic E-state index is 0.114. The molecule has 0 amide bonds. The quantitative estimate of drug-likeness (QED) is 0.576. The molecular weight excluding hydrogens is 144 g/mol. The minimum Gasteiger partial charge on any atom is -0.740 e. The first-order chi connectivity index (χ1) is 4.29. The highest BCUT2D eigenvalue weighted by Gasteiger charge is 1.90. The average Bonchev–Trinajstić information content (AvgIpc) is 2.15. The molecule has 1 atom stereocenters. The third-order valence-corrected chi connectivity index (χ3v) is 0.949. The van der Waals surface area contributed by atoms with Gasteiger partial charge in [0.15, 0.2) is 0 Å². The molecule has 0 saturated carbocycles. The van der Waals surface area contributed by atoms with Crippen LogP contribution in [0.3, 0.4) is 0 Å². The zero-order chi connectivity index (χ0) is 6.69. The molecule has 0 saturated heterocycles. The van der Waals surface area contributed by atoms with E-state index in [-0.39, 0.29) is 5.88 Å². The Morgan fingerprint density at radius 3 is 3.11 bits per heavy atom.